The number of H-pyrrole nitrogens is 1. The van der Waals surface area contributed by atoms with Gasteiger partial charge in [0.1, 0.15) is 5.82 Å². The zero-order valence-electron chi connectivity index (χ0n) is 14.7. The molecule has 142 valence electrons. The molecule has 28 heavy (non-hydrogen) atoms. The number of thioether (sulfide) groups is 1. The van der Waals surface area contributed by atoms with Crippen LogP contribution in [-0.2, 0) is 17.6 Å². The van der Waals surface area contributed by atoms with Crippen molar-refractivity contribution >= 4 is 46.0 Å². The van der Waals surface area contributed by atoms with E-state index >= 15 is 0 Å². The van der Waals surface area contributed by atoms with Crippen molar-refractivity contribution in [2.24, 2.45) is 0 Å². The first-order valence-corrected chi connectivity index (χ1v) is 9.96. The van der Waals surface area contributed by atoms with Gasteiger partial charge in [-0.3, -0.25) is 4.79 Å². The molecule has 0 aliphatic carbocycles. The van der Waals surface area contributed by atoms with Crippen LogP contribution >= 0.6 is 23.4 Å². The quantitative estimate of drug-likeness (QED) is 0.442. The van der Waals surface area contributed by atoms with Crippen LogP contribution in [0.25, 0.3) is 11.0 Å². The van der Waals surface area contributed by atoms with Crippen LogP contribution in [-0.4, -0.2) is 31.8 Å². The molecule has 0 radical (unpaired) electrons. The fourth-order valence-electron chi connectivity index (χ4n) is 2.60. The summed E-state index contributed by atoms with van der Waals surface area (Å²) in [6.45, 7) is 0. The number of para-hydroxylation sites is 2. The van der Waals surface area contributed by atoms with E-state index in [-0.39, 0.29) is 11.7 Å². The lowest BCUT2D eigenvalue weighted by Gasteiger charge is -2.03. The topological polar surface area (TPSA) is 96.7 Å². The molecule has 2 aromatic heterocycles. The largest absolute Gasteiger partial charge is 0.416 e. The zero-order valence-corrected chi connectivity index (χ0v) is 16.3. The molecule has 4 aromatic rings. The first-order chi connectivity index (χ1) is 13.7. The number of hydrogen-bond acceptors (Lipinski definition) is 6. The summed E-state index contributed by atoms with van der Waals surface area (Å²) < 4.78 is 5.60. The Labute approximate surface area is 169 Å². The van der Waals surface area contributed by atoms with Gasteiger partial charge in [-0.25, -0.2) is 4.98 Å². The van der Waals surface area contributed by atoms with Gasteiger partial charge in [0.2, 0.25) is 11.8 Å². The smallest absolute Gasteiger partial charge is 0.277 e. The summed E-state index contributed by atoms with van der Waals surface area (Å²) in [5.74, 6) is 1.40. The minimum Gasteiger partial charge on any atom is -0.416 e. The van der Waals surface area contributed by atoms with Gasteiger partial charge in [-0.1, -0.05) is 35.5 Å². The lowest BCUT2D eigenvalue weighted by Crippen LogP contribution is -2.13. The molecule has 0 unspecified atom stereocenters. The summed E-state index contributed by atoms with van der Waals surface area (Å²) in [4.78, 5) is 19.8. The molecule has 0 bridgehead atoms. The van der Waals surface area contributed by atoms with Crippen LogP contribution in [0.4, 0.5) is 5.69 Å². The summed E-state index contributed by atoms with van der Waals surface area (Å²) in [5.41, 5.74) is 2.63. The summed E-state index contributed by atoms with van der Waals surface area (Å²) in [7, 11) is 0. The summed E-state index contributed by atoms with van der Waals surface area (Å²) in [6.07, 6.45) is 1.24. The highest BCUT2D eigenvalue weighted by Gasteiger charge is 2.11. The van der Waals surface area contributed by atoms with Crippen LogP contribution in [0, 0.1) is 0 Å². The van der Waals surface area contributed by atoms with Crippen LogP contribution in [0.15, 0.2) is 58.2 Å². The molecule has 0 saturated carbocycles. The number of amides is 1. The first kappa shape index (κ1) is 18.5. The Kier molecular flexibility index (Phi) is 5.59. The van der Waals surface area contributed by atoms with Crippen molar-refractivity contribution in [2.45, 2.75) is 18.1 Å². The second kappa shape index (κ2) is 8.45. The number of carbonyl (C=O) groups is 1. The van der Waals surface area contributed by atoms with Gasteiger partial charge in [0.15, 0.2) is 0 Å². The fourth-order valence-corrected chi connectivity index (χ4v) is 3.31. The Hall–Kier alpha value is -2.84. The lowest BCUT2D eigenvalue weighted by molar-refractivity contribution is -0.113. The van der Waals surface area contributed by atoms with Crippen LogP contribution in [0.2, 0.25) is 5.02 Å². The summed E-state index contributed by atoms with van der Waals surface area (Å²) in [6, 6.07) is 14.8. The zero-order chi connectivity index (χ0) is 19.3. The van der Waals surface area contributed by atoms with E-state index in [1.54, 1.807) is 24.3 Å². The summed E-state index contributed by atoms with van der Waals surface area (Å²) >= 11 is 7.02. The van der Waals surface area contributed by atoms with Gasteiger partial charge >= 0.3 is 0 Å². The highest BCUT2D eigenvalue weighted by atomic mass is 35.5. The van der Waals surface area contributed by atoms with Crippen molar-refractivity contribution in [3.05, 3.63) is 65.3 Å². The number of aryl methyl sites for hydroxylation is 2. The number of aromatic nitrogens is 4. The van der Waals surface area contributed by atoms with Gasteiger partial charge in [-0.2, -0.15) is 0 Å². The number of carbonyl (C=O) groups excluding carboxylic acids is 1. The van der Waals surface area contributed by atoms with Gasteiger partial charge in [0, 0.05) is 23.6 Å². The Morgan fingerprint density at radius 2 is 1.93 bits per heavy atom. The van der Waals surface area contributed by atoms with E-state index in [0.717, 1.165) is 16.9 Å². The van der Waals surface area contributed by atoms with Gasteiger partial charge in [0.05, 0.1) is 16.8 Å². The number of rotatable bonds is 7. The maximum Gasteiger partial charge on any atom is 0.277 e. The van der Waals surface area contributed by atoms with Gasteiger partial charge in [-0.05, 0) is 36.4 Å². The van der Waals surface area contributed by atoms with E-state index < -0.39 is 0 Å². The van der Waals surface area contributed by atoms with E-state index in [0.29, 0.717) is 34.7 Å². The van der Waals surface area contributed by atoms with Crippen molar-refractivity contribution in [1.82, 2.24) is 20.2 Å². The fraction of sp³-hybridized carbons (Fsp3) is 0.158. The maximum atomic E-state index is 12.0. The molecule has 0 spiro atoms. The average molecular weight is 414 g/mol. The second-order valence-electron chi connectivity index (χ2n) is 6.01. The Morgan fingerprint density at radius 3 is 2.75 bits per heavy atom. The number of imidazole rings is 1. The molecule has 0 atom stereocenters. The van der Waals surface area contributed by atoms with Crippen molar-refractivity contribution in [3.8, 4) is 0 Å². The molecule has 2 aromatic carbocycles. The number of anilines is 1. The van der Waals surface area contributed by atoms with E-state index in [1.807, 2.05) is 24.3 Å². The molecule has 1 amide bonds. The third-order valence-corrected chi connectivity index (χ3v) is 4.99. The van der Waals surface area contributed by atoms with Crippen LogP contribution in [0.3, 0.4) is 0 Å². The third-order valence-electron chi connectivity index (χ3n) is 3.92. The number of nitrogens with zero attached hydrogens (tertiary/aromatic N) is 3. The number of fused-ring (bicyclic) bond motifs is 1. The normalized spacial score (nSPS) is 11.0. The van der Waals surface area contributed by atoms with Crippen LogP contribution in [0.5, 0.6) is 0 Å². The standard InChI is InChI=1S/C19H16ClN5O2S/c20-12-5-7-13(8-6-12)21-17(26)11-28-19-25-24-18(27-19)10-9-16-22-14-3-1-2-4-15(14)23-16/h1-8H,9-11H2,(H,21,26)(H,22,23). The predicted molar refractivity (Wildman–Crippen MR) is 109 cm³/mol. The molecule has 0 aliphatic heterocycles. The molecule has 0 fully saturated rings. The minimum absolute atomic E-state index is 0.158. The molecular weight excluding hydrogens is 398 g/mol. The molecule has 9 heteroatoms. The predicted octanol–water partition coefficient (Wildman–Crippen LogP) is 4.12. The second-order valence-corrected chi connectivity index (χ2v) is 7.37. The number of aromatic amines is 1. The molecule has 7 nitrogen and oxygen atoms in total. The number of nitrogens with one attached hydrogen (secondary N) is 2. The molecular formula is C19H16ClN5O2S. The molecule has 0 saturated heterocycles. The third kappa shape index (κ3) is 4.71. The molecule has 2 heterocycles. The van der Waals surface area contributed by atoms with Gasteiger partial charge in [-0.15, -0.1) is 10.2 Å². The highest BCUT2D eigenvalue weighted by Crippen LogP contribution is 2.19. The molecule has 0 aliphatic rings. The number of benzene rings is 2. The minimum atomic E-state index is -0.158. The van der Waals surface area contributed by atoms with Gasteiger partial charge < -0.3 is 14.7 Å². The molecule has 4 rings (SSSR count). The monoisotopic (exact) mass is 413 g/mol. The van der Waals surface area contributed by atoms with Gasteiger partial charge in [0.25, 0.3) is 5.22 Å². The highest BCUT2D eigenvalue weighted by molar-refractivity contribution is 7.99. The first-order valence-electron chi connectivity index (χ1n) is 8.60. The van der Waals surface area contributed by atoms with E-state index in [4.69, 9.17) is 16.0 Å². The molecule has 2 N–H and O–H groups in total. The van der Waals surface area contributed by atoms with E-state index in [1.165, 1.54) is 11.8 Å². The van der Waals surface area contributed by atoms with Crippen molar-refractivity contribution < 1.29 is 9.21 Å². The van der Waals surface area contributed by atoms with Crippen molar-refractivity contribution in [2.75, 3.05) is 11.1 Å². The SMILES string of the molecule is O=C(CSc1nnc(CCc2nc3ccccc3[nH]2)o1)Nc1ccc(Cl)cc1. The Balaban J connectivity index is 1.26. The van der Waals surface area contributed by atoms with E-state index in [2.05, 4.69) is 25.5 Å². The van der Waals surface area contributed by atoms with E-state index in [9.17, 15) is 4.79 Å². The van der Waals surface area contributed by atoms with Crippen molar-refractivity contribution in [1.29, 1.82) is 0 Å². The Morgan fingerprint density at radius 1 is 1.11 bits per heavy atom. The number of hydrogen-bond donors (Lipinski definition) is 2. The lowest BCUT2D eigenvalue weighted by atomic mass is 10.3. The maximum absolute atomic E-state index is 12.0. The van der Waals surface area contributed by atoms with Crippen molar-refractivity contribution in [3.63, 3.8) is 0 Å². The summed E-state index contributed by atoms with van der Waals surface area (Å²) in [5, 5.41) is 11.8. The Bertz CT molecular complexity index is 1060. The number of halogens is 1. The average Bonchev–Trinajstić information content (AvgIpc) is 3.33. The van der Waals surface area contributed by atoms with Crippen LogP contribution < -0.4 is 5.32 Å². The van der Waals surface area contributed by atoms with Crippen LogP contribution in [0.1, 0.15) is 11.7 Å².